The van der Waals surface area contributed by atoms with E-state index in [4.69, 9.17) is 4.74 Å². The van der Waals surface area contributed by atoms with Gasteiger partial charge >= 0.3 is 0 Å². The number of aromatic amines is 1. The van der Waals surface area contributed by atoms with Crippen LogP contribution in [0, 0.1) is 12.7 Å². The van der Waals surface area contributed by atoms with Crippen LogP contribution >= 0.6 is 0 Å². The molecule has 4 aromatic rings. The van der Waals surface area contributed by atoms with Crippen molar-refractivity contribution in [1.82, 2.24) is 9.88 Å². The summed E-state index contributed by atoms with van der Waals surface area (Å²) in [5.74, 6) is 0.0660. The number of nitrogens with zero attached hydrogens (tertiary/aromatic N) is 1. The van der Waals surface area contributed by atoms with E-state index in [1.807, 2.05) is 31.2 Å². The van der Waals surface area contributed by atoms with Gasteiger partial charge in [-0.2, -0.15) is 0 Å². The number of ether oxygens (including phenoxy) is 1. The molecule has 0 bridgehead atoms. The Bertz CT molecular complexity index is 1310. The Labute approximate surface area is 185 Å². The largest absolute Gasteiger partial charge is 0.497 e. The van der Waals surface area contributed by atoms with Gasteiger partial charge in [-0.25, -0.2) is 4.39 Å². The molecule has 0 saturated heterocycles. The molecule has 6 heteroatoms. The molecule has 0 aliphatic rings. The van der Waals surface area contributed by atoms with Crippen LogP contribution in [-0.2, 0) is 13.1 Å². The molecule has 0 unspecified atom stereocenters. The van der Waals surface area contributed by atoms with Crippen LogP contribution < -0.4 is 10.3 Å². The number of aromatic nitrogens is 1. The monoisotopic (exact) mass is 430 g/mol. The molecule has 1 amide bonds. The number of fused-ring (bicyclic) bond motifs is 1. The number of carbonyl (C=O) groups excluding carboxylic acids is 1. The quantitative estimate of drug-likeness (QED) is 0.477. The molecule has 1 aromatic heterocycles. The molecule has 32 heavy (non-hydrogen) atoms. The van der Waals surface area contributed by atoms with Gasteiger partial charge in [0, 0.05) is 23.2 Å². The fourth-order valence-electron chi connectivity index (χ4n) is 3.61. The van der Waals surface area contributed by atoms with Gasteiger partial charge in [0.1, 0.15) is 11.6 Å². The lowest BCUT2D eigenvalue weighted by Crippen LogP contribution is -2.32. The molecule has 1 N–H and O–H groups in total. The van der Waals surface area contributed by atoms with Crippen molar-refractivity contribution in [1.29, 1.82) is 0 Å². The lowest BCUT2D eigenvalue weighted by molar-refractivity contribution is 0.0729. The predicted octanol–water partition coefficient (Wildman–Crippen LogP) is 4.83. The highest BCUT2D eigenvalue weighted by molar-refractivity contribution is 5.94. The molecule has 1 heterocycles. The van der Waals surface area contributed by atoms with Crippen LogP contribution in [0.25, 0.3) is 10.9 Å². The van der Waals surface area contributed by atoms with Gasteiger partial charge < -0.3 is 14.6 Å². The molecule has 0 aliphatic carbocycles. The summed E-state index contributed by atoms with van der Waals surface area (Å²) < 4.78 is 18.5. The number of nitrogens with one attached hydrogen (secondary N) is 1. The number of pyridine rings is 1. The summed E-state index contributed by atoms with van der Waals surface area (Å²) >= 11 is 0. The van der Waals surface area contributed by atoms with E-state index in [0.29, 0.717) is 16.9 Å². The molecular formula is C26H23FN2O3. The highest BCUT2D eigenvalue weighted by atomic mass is 19.1. The number of carbonyl (C=O) groups is 1. The van der Waals surface area contributed by atoms with E-state index in [0.717, 1.165) is 22.0 Å². The average Bonchev–Trinajstić information content (AvgIpc) is 2.80. The van der Waals surface area contributed by atoms with Crippen LogP contribution in [0.5, 0.6) is 5.75 Å². The number of aryl methyl sites for hydroxylation is 1. The van der Waals surface area contributed by atoms with Crippen molar-refractivity contribution in [3.63, 3.8) is 0 Å². The molecule has 0 spiro atoms. The maximum absolute atomic E-state index is 13.4. The summed E-state index contributed by atoms with van der Waals surface area (Å²) in [6.45, 7) is 2.31. The van der Waals surface area contributed by atoms with Gasteiger partial charge in [-0.3, -0.25) is 9.59 Å². The second-order valence-electron chi connectivity index (χ2n) is 7.73. The predicted molar refractivity (Wildman–Crippen MR) is 122 cm³/mol. The van der Waals surface area contributed by atoms with E-state index < -0.39 is 0 Å². The van der Waals surface area contributed by atoms with Gasteiger partial charge in [-0.15, -0.1) is 0 Å². The van der Waals surface area contributed by atoms with Crippen molar-refractivity contribution in [2.75, 3.05) is 7.11 Å². The molecule has 0 atom stereocenters. The Morgan fingerprint density at radius 3 is 2.38 bits per heavy atom. The number of hydrogen-bond acceptors (Lipinski definition) is 3. The molecule has 0 fully saturated rings. The smallest absolute Gasteiger partial charge is 0.254 e. The Kier molecular flexibility index (Phi) is 6.03. The maximum atomic E-state index is 13.4. The zero-order valence-electron chi connectivity index (χ0n) is 17.9. The summed E-state index contributed by atoms with van der Waals surface area (Å²) in [4.78, 5) is 30.6. The van der Waals surface area contributed by atoms with Crippen LogP contribution in [0.1, 0.15) is 27.0 Å². The fourth-order valence-corrected chi connectivity index (χ4v) is 3.61. The molecule has 4 rings (SSSR count). The summed E-state index contributed by atoms with van der Waals surface area (Å²) in [6, 6.07) is 20.4. The third-order valence-corrected chi connectivity index (χ3v) is 5.35. The first-order valence-corrected chi connectivity index (χ1v) is 10.2. The Morgan fingerprint density at radius 1 is 0.969 bits per heavy atom. The van der Waals surface area contributed by atoms with Gasteiger partial charge in [0.05, 0.1) is 13.7 Å². The van der Waals surface area contributed by atoms with E-state index >= 15 is 0 Å². The van der Waals surface area contributed by atoms with Crippen molar-refractivity contribution in [3.8, 4) is 5.75 Å². The third-order valence-electron chi connectivity index (χ3n) is 5.35. The van der Waals surface area contributed by atoms with Gasteiger partial charge in [0.15, 0.2) is 0 Å². The lowest BCUT2D eigenvalue weighted by Gasteiger charge is -2.23. The Hall–Kier alpha value is -3.93. The topological polar surface area (TPSA) is 62.4 Å². The van der Waals surface area contributed by atoms with Gasteiger partial charge in [-0.05, 0) is 72.0 Å². The molecule has 0 aliphatic heterocycles. The lowest BCUT2D eigenvalue weighted by atomic mass is 10.1. The SMILES string of the molecule is COc1ccc(C(=O)N(Cc2ccc(F)cc2)Cc2cc3ccc(C)cc3[nH]c2=O)cc1. The zero-order chi connectivity index (χ0) is 22.7. The van der Waals surface area contributed by atoms with E-state index in [2.05, 4.69) is 4.98 Å². The number of methoxy groups -OCH3 is 1. The van der Waals surface area contributed by atoms with Crippen LogP contribution in [0.2, 0.25) is 0 Å². The zero-order valence-corrected chi connectivity index (χ0v) is 17.9. The minimum absolute atomic E-state index is 0.112. The second-order valence-corrected chi connectivity index (χ2v) is 7.73. The van der Waals surface area contributed by atoms with Crippen LogP contribution in [0.4, 0.5) is 4.39 Å². The molecule has 3 aromatic carbocycles. The Balaban J connectivity index is 1.69. The van der Waals surface area contributed by atoms with Gasteiger partial charge in [-0.1, -0.05) is 24.3 Å². The van der Waals surface area contributed by atoms with Crippen LogP contribution in [-0.4, -0.2) is 22.9 Å². The Morgan fingerprint density at radius 2 is 1.69 bits per heavy atom. The van der Waals surface area contributed by atoms with Crippen molar-refractivity contribution < 1.29 is 13.9 Å². The van der Waals surface area contributed by atoms with Crippen molar-refractivity contribution in [2.24, 2.45) is 0 Å². The minimum atomic E-state index is -0.344. The standard InChI is InChI=1S/C26H23FN2O3/c1-17-3-6-20-14-21(25(30)28-24(20)13-17)16-29(15-18-4-9-22(27)10-5-18)26(31)19-7-11-23(32-2)12-8-19/h3-14H,15-16H2,1-2H3,(H,28,30). The number of rotatable bonds is 6. The number of halogens is 1. The normalized spacial score (nSPS) is 10.8. The van der Waals surface area contributed by atoms with E-state index in [1.165, 1.54) is 12.1 Å². The molecule has 0 radical (unpaired) electrons. The highest BCUT2D eigenvalue weighted by Crippen LogP contribution is 2.19. The van der Waals surface area contributed by atoms with Gasteiger partial charge in [0.2, 0.25) is 0 Å². The summed E-state index contributed by atoms with van der Waals surface area (Å²) in [6.07, 6.45) is 0. The average molecular weight is 430 g/mol. The van der Waals surface area contributed by atoms with Crippen molar-refractivity contribution in [2.45, 2.75) is 20.0 Å². The van der Waals surface area contributed by atoms with Crippen molar-refractivity contribution in [3.05, 3.63) is 111 Å². The third kappa shape index (κ3) is 4.70. The summed E-state index contributed by atoms with van der Waals surface area (Å²) in [5, 5.41) is 0.892. The first kappa shape index (κ1) is 21.3. The van der Waals surface area contributed by atoms with E-state index in [-0.39, 0.29) is 30.4 Å². The van der Waals surface area contributed by atoms with Gasteiger partial charge in [0.25, 0.3) is 11.5 Å². The second kappa shape index (κ2) is 9.06. The highest BCUT2D eigenvalue weighted by Gasteiger charge is 2.19. The number of H-pyrrole nitrogens is 1. The van der Waals surface area contributed by atoms with Crippen molar-refractivity contribution >= 4 is 16.8 Å². The van der Waals surface area contributed by atoms with E-state index in [9.17, 15) is 14.0 Å². The number of benzene rings is 3. The fraction of sp³-hybridized carbons (Fsp3) is 0.154. The first-order valence-electron chi connectivity index (χ1n) is 10.2. The number of hydrogen-bond donors (Lipinski definition) is 1. The van der Waals surface area contributed by atoms with Crippen LogP contribution in [0.15, 0.2) is 77.6 Å². The molecule has 5 nitrogen and oxygen atoms in total. The molecule has 162 valence electrons. The van der Waals surface area contributed by atoms with E-state index in [1.54, 1.807) is 48.4 Å². The summed E-state index contributed by atoms with van der Waals surface area (Å²) in [7, 11) is 1.56. The number of amides is 1. The minimum Gasteiger partial charge on any atom is -0.497 e. The molecule has 0 saturated carbocycles. The first-order chi connectivity index (χ1) is 15.4. The molecular weight excluding hydrogens is 407 g/mol. The summed E-state index contributed by atoms with van der Waals surface area (Å²) in [5.41, 5.74) is 3.28. The maximum Gasteiger partial charge on any atom is 0.254 e. The van der Waals surface area contributed by atoms with Crippen LogP contribution in [0.3, 0.4) is 0 Å².